The Morgan fingerprint density at radius 1 is 1.06 bits per heavy atom. The SMILES string of the molecule is CC(=O)Nc1ccc(C(=O)N/N=C/c2ccc(Sc3ccc(Cl)cc3)c([N+](=O)[O-])c2)cc1. The van der Waals surface area contributed by atoms with Crippen molar-refractivity contribution in [3.05, 3.63) is 93.0 Å². The van der Waals surface area contributed by atoms with Crippen molar-refractivity contribution >= 4 is 52.8 Å². The Labute approximate surface area is 192 Å². The van der Waals surface area contributed by atoms with Crippen LogP contribution in [0.25, 0.3) is 0 Å². The van der Waals surface area contributed by atoms with Gasteiger partial charge in [-0.2, -0.15) is 5.10 Å². The van der Waals surface area contributed by atoms with Gasteiger partial charge >= 0.3 is 0 Å². The molecular formula is C22H17ClN4O4S. The van der Waals surface area contributed by atoms with Gasteiger partial charge < -0.3 is 5.32 Å². The maximum absolute atomic E-state index is 12.2. The molecule has 0 aliphatic rings. The number of carbonyl (C=O) groups excluding carboxylic acids is 2. The van der Waals surface area contributed by atoms with E-state index in [4.69, 9.17) is 11.6 Å². The van der Waals surface area contributed by atoms with Crippen LogP contribution in [-0.2, 0) is 4.79 Å². The summed E-state index contributed by atoms with van der Waals surface area (Å²) < 4.78 is 0. The van der Waals surface area contributed by atoms with Gasteiger partial charge in [-0.25, -0.2) is 5.43 Å². The summed E-state index contributed by atoms with van der Waals surface area (Å²) in [4.78, 5) is 35.6. The van der Waals surface area contributed by atoms with Crippen molar-refractivity contribution in [3.8, 4) is 0 Å². The highest BCUT2D eigenvalue weighted by Gasteiger charge is 2.15. The summed E-state index contributed by atoms with van der Waals surface area (Å²) in [6.45, 7) is 1.39. The summed E-state index contributed by atoms with van der Waals surface area (Å²) in [5.41, 5.74) is 3.67. The first kappa shape index (κ1) is 23.0. The number of halogens is 1. The van der Waals surface area contributed by atoms with E-state index in [1.165, 1.54) is 31.0 Å². The summed E-state index contributed by atoms with van der Waals surface area (Å²) >= 11 is 7.12. The molecule has 2 amide bonds. The molecule has 10 heteroatoms. The van der Waals surface area contributed by atoms with Crippen molar-refractivity contribution in [1.82, 2.24) is 5.43 Å². The molecule has 3 aromatic carbocycles. The number of nitro groups is 1. The van der Waals surface area contributed by atoms with E-state index in [9.17, 15) is 19.7 Å². The van der Waals surface area contributed by atoms with Gasteiger partial charge in [0.15, 0.2) is 0 Å². The largest absolute Gasteiger partial charge is 0.326 e. The number of hydrogen-bond donors (Lipinski definition) is 2. The number of rotatable bonds is 7. The fraction of sp³-hybridized carbons (Fsp3) is 0.0455. The number of hydrazone groups is 1. The molecule has 2 N–H and O–H groups in total. The van der Waals surface area contributed by atoms with Gasteiger partial charge in [0.1, 0.15) is 0 Å². The van der Waals surface area contributed by atoms with Crippen LogP contribution in [0.2, 0.25) is 5.02 Å². The van der Waals surface area contributed by atoms with E-state index in [-0.39, 0.29) is 11.6 Å². The van der Waals surface area contributed by atoms with Crippen LogP contribution in [0.15, 0.2) is 81.6 Å². The zero-order valence-electron chi connectivity index (χ0n) is 16.7. The monoisotopic (exact) mass is 468 g/mol. The lowest BCUT2D eigenvalue weighted by Gasteiger charge is -2.05. The number of anilines is 1. The van der Waals surface area contributed by atoms with Crippen LogP contribution < -0.4 is 10.7 Å². The van der Waals surface area contributed by atoms with Gasteiger partial charge in [0, 0.05) is 39.7 Å². The van der Waals surface area contributed by atoms with Crippen molar-refractivity contribution < 1.29 is 14.5 Å². The fourth-order valence-electron chi connectivity index (χ4n) is 2.61. The molecular weight excluding hydrogens is 452 g/mol. The molecule has 0 heterocycles. The quantitative estimate of drug-likeness (QED) is 0.284. The third kappa shape index (κ3) is 6.40. The lowest BCUT2D eigenvalue weighted by Crippen LogP contribution is -2.17. The number of carbonyl (C=O) groups is 2. The standard InChI is InChI=1S/C22H17ClN4O4S/c1-14(28)25-18-7-3-16(4-8-18)22(29)26-24-13-15-2-11-21(20(12-15)27(30)31)32-19-9-5-17(23)6-10-19/h2-13H,1H3,(H,25,28)(H,26,29)/b24-13+. The van der Waals surface area contributed by atoms with E-state index in [1.54, 1.807) is 60.7 Å². The smallest absolute Gasteiger partial charge is 0.283 e. The third-order valence-electron chi connectivity index (χ3n) is 4.07. The molecule has 0 atom stereocenters. The summed E-state index contributed by atoms with van der Waals surface area (Å²) in [6.07, 6.45) is 1.33. The van der Waals surface area contributed by atoms with Crippen molar-refractivity contribution in [3.63, 3.8) is 0 Å². The van der Waals surface area contributed by atoms with Crippen LogP contribution in [0.5, 0.6) is 0 Å². The minimum absolute atomic E-state index is 0.0752. The van der Waals surface area contributed by atoms with E-state index in [0.717, 1.165) is 4.90 Å². The normalized spacial score (nSPS) is 10.7. The van der Waals surface area contributed by atoms with Crippen molar-refractivity contribution in [2.45, 2.75) is 16.7 Å². The van der Waals surface area contributed by atoms with Crippen LogP contribution in [-0.4, -0.2) is 23.0 Å². The van der Waals surface area contributed by atoms with Gasteiger partial charge in [-0.3, -0.25) is 19.7 Å². The minimum Gasteiger partial charge on any atom is -0.326 e. The number of nitro benzene ring substituents is 1. The minimum atomic E-state index is -0.467. The Kier molecular flexibility index (Phi) is 7.58. The van der Waals surface area contributed by atoms with E-state index in [2.05, 4.69) is 15.8 Å². The molecule has 3 rings (SSSR count). The first-order valence-corrected chi connectivity index (χ1v) is 10.4. The van der Waals surface area contributed by atoms with Crippen LogP contribution >= 0.6 is 23.4 Å². The average Bonchev–Trinajstić information content (AvgIpc) is 2.76. The molecule has 0 saturated carbocycles. The van der Waals surface area contributed by atoms with Crippen molar-refractivity contribution in [1.29, 1.82) is 0 Å². The molecule has 0 aliphatic heterocycles. The molecule has 8 nitrogen and oxygen atoms in total. The molecule has 0 saturated heterocycles. The van der Waals surface area contributed by atoms with Crippen LogP contribution in [0.4, 0.5) is 11.4 Å². The summed E-state index contributed by atoms with van der Waals surface area (Å²) in [5.74, 6) is -0.668. The molecule has 0 aromatic heterocycles. The number of nitrogens with zero attached hydrogens (tertiary/aromatic N) is 2. The first-order valence-electron chi connectivity index (χ1n) is 9.25. The maximum Gasteiger partial charge on any atom is 0.283 e. The van der Waals surface area contributed by atoms with Crippen LogP contribution in [0.1, 0.15) is 22.8 Å². The van der Waals surface area contributed by atoms with E-state index in [0.29, 0.717) is 26.7 Å². The Hall–Kier alpha value is -3.69. The number of benzene rings is 3. The first-order chi connectivity index (χ1) is 15.3. The number of amides is 2. The Morgan fingerprint density at radius 3 is 2.38 bits per heavy atom. The predicted octanol–water partition coefficient (Wildman–Crippen LogP) is 5.12. The molecule has 0 aliphatic carbocycles. The lowest BCUT2D eigenvalue weighted by molar-refractivity contribution is -0.387. The molecule has 32 heavy (non-hydrogen) atoms. The molecule has 0 unspecified atom stereocenters. The second-order valence-corrected chi connectivity index (χ2v) is 8.05. The highest BCUT2D eigenvalue weighted by Crippen LogP contribution is 2.35. The Morgan fingerprint density at radius 2 is 1.75 bits per heavy atom. The Bertz CT molecular complexity index is 1180. The molecule has 0 bridgehead atoms. The highest BCUT2D eigenvalue weighted by molar-refractivity contribution is 7.99. The average molecular weight is 469 g/mol. The van der Waals surface area contributed by atoms with Gasteiger partial charge in [-0.05, 0) is 54.6 Å². The van der Waals surface area contributed by atoms with Gasteiger partial charge in [-0.1, -0.05) is 29.4 Å². The summed E-state index contributed by atoms with van der Waals surface area (Å²) in [5, 5.41) is 18.6. The molecule has 0 radical (unpaired) electrons. The van der Waals surface area contributed by atoms with E-state index < -0.39 is 10.8 Å². The summed E-state index contributed by atoms with van der Waals surface area (Å²) in [6, 6.07) is 18.0. The zero-order chi connectivity index (χ0) is 23.1. The molecule has 162 valence electrons. The predicted molar refractivity (Wildman–Crippen MR) is 124 cm³/mol. The second-order valence-electron chi connectivity index (χ2n) is 6.50. The lowest BCUT2D eigenvalue weighted by atomic mass is 10.2. The van der Waals surface area contributed by atoms with Gasteiger partial charge in [0.25, 0.3) is 11.6 Å². The molecule has 0 fully saturated rings. The summed E-state index contributed by atoms with van der Waals surface area (Å²) in [7, 11) is 0. The van der Waals surface area contributed by atoms with E-state index >= 15 is 0 Å². The van der Waals surface area contributed by atoms with Gasteiger partial charge in [0.05, 0.1) is 16.0 Å². The number of nitrogens with one attached hydrogen (secondary N) is 2. The Balaban J connectivity index is 1.68. The van der Waals surface area contributed by atoms with Gasteiger partial charge in [-0.15, -0.1) is 0 Å². The molecule has 3 aromatic rings. The van der Waals surface area contributed by atoms with Crippen LogP contribution in [0, 0.1) is 10.1 Å². The van der Waals surface area contributed by atoms with Crippen LogP contribution in [0.3, 0.4) is 0 Å². The second kappa shape index (κ2) is 10.6. The maximum atomic E-state index is 12.2. The highest BCUT2D eigenvalue weighted by atomic mass is 35.5. The molecule has 0 spiro atoms. The van der Waals surface area contributed by atoms with Crippen molar-refractivity contribution in [2.75, 3.05) is 5.32 Å². The van der Waals surface area contributed by atoms with Gasteiger partial charge in [0.2, 0.25) is 5.91 Å². The third-order valence-corrected chi connectivity index (χ3v) is 5.39. The number of hydrogen-bond acceptors (Lipinski definition) is 6. The topological polar surface area (TPSA) is 114 Å². The van der Waals surface area contributed by atoms with E-state index in [1.807, 2.05) is 0 Å². The fourth-order valence-corrected chi connectivity index (χ4v) is 3.64. The van der Waals surface area contributed by atoms with Crippen molar-refractivity contribution in [2.24, 2.45) is 5.10 Å². The zero-order valence-corrected chi connectivity index (χ0v) is 18.3.